The number of nitrogens with one attached hydrogen (secondary N) is 1. The van der Waals surface area contributed by atoms with Crippen molar-refractivity contribution < 1.29 is 4.79 Å². The zero-order valence-electron chi connectivity index (χ0n) is 10.8. The minimum Gasteiger partial charge on any atom is -0.328 e. The van der Waals surface area contributed by atoms with Crippen molar-refractivity contribution in [2.75, 3.05) is 5.32 Å². The van der Waals surface area contributed by atoms with Gasteiger partial charge in [-0.25, -0.2) is 0 Å². The fraction of sp³-hybridized carbons (Fsp3) is 0.500. The van der Waals surface area contributed by atoms with Crippen LogP contribution in [-0.2, 0) is 4.79 Å². The lowest BCUT2D eigenvalue weighted by Gasteiger charge is -2.31. The van der Waals surface area contributed by atoms with E-state index in [-0.39, 0.29) is 17.9 Å². The first-order valence-corrected chi connectivity index (χ1v) is 7.25. The number of hydrogen-bond donors (Lipinski definition) is 2. The van der Waals surface area contributed by atoms with Gasteiger partial charge in [0.2, 0.25) is 5.91 Å². The van der Waals surface area contributed by atoms with Crippen molar-refractivity contribution >= 4 is 23.4 Å². The number of carbonyl (C=O) groups is 1. The zero-order valence-corrected chi connectivity index (χ0v) is 11.7. The van der Waals surface area contributed by atoms with Crippen LogP contribution >= 0.6 is 11.8 Å². The maximum absolute atomic E-state index is 11.8. The highest BCUT2D eigenvalue weighted by atomic mass is 32.2. The molecule has 1 aliphatic rings. The van der Waals surface area contributed by atoms with Gasteiger partial charge in [-0.3, -0.25) is 4.79 Å². The van der Waals surface area contributed by atoms with Crippen LogP contribution in [0.25, 0.3) is 0 Å². The van der Waals surface area contributed by atoms with Gasteiger partial charge in [0.15, 0.2) is 0 Å². The highest BCUT2D eigenvalue weighted by molar-refractivity contribution is 7.99. The second kappa shape index (κ2) is 5.76. The van der Waals surface area contributed by atoms with E-state index in [1.807, 2.05) is 36.0 Å². The molecule has 1 aromatic carbocycles. The molecule has 0 bridgehead atoms. The number of amides is 1. The summed E-state index contributed by atoms with van der Waals surface area (Å²) in [5.74, 6) is 0.200. The van der Waals surface area contributed by atoms with Gasteiger partial charge in [0.25, 0.3) is 0 Å². The summed E-state index contributed by atoms with van der Waals surface area (Å²) < 4.78 is 0. The molecule has 0 spiro atoms. The van der Waals surface area contributed by atoms with Crippen LogP contribution in [0.2, 0.25) is 0 Å². The summed E-state index contributed by atoms with van der Waals surface area (Å²) in [6, 6.07) is 8.23. The third-order valence-electron chi connectivity index (χ3n) is 3.04. The van der Waals surface area contributed by atoms with Crippen molar-refractivity contribution in [2.45, 2.75) is 42.9 Å². The molecule has 0 radical (unpaired) electrons. The number of carbonyl (C=O) groups excluding carboxylic acids is 1. The molecule has 1 fully saturated rings. The SMILES string of the molecule is CC(C)Sc1ccc(NC(=O)C2CC(N)C2)cc1. The van der Waals surface area contributed by atoms with E-state index in [1.165, 1.54) is 4.90 Å². The first-order chi connectivity index (χ1) is 8.54. The van der Waals surface area contributed by atoms with Crippen LogP contribution < -0.4 is 11.1 Å². The molecule has 0 aromatic heterocycles. The molecule has 3 N–H and O–H groups in total. The van der Waals surface area contributed by atoms with Gasteiger partial charge in [0, 0.05) is 27.8 Å². The Kier molecular flexibility index (Phi) is 4.30. The highest BCUT2D eigenvalue weighted by Crippen LogP contribution is 2.28. The number of thioether (sulfide) groups is 1. The summed E-state index contributed by atoms with van der Waals surface area (Å²) in [6.07, 6.45) is 1.63. The van der Waals surface area contributed by atoms with Crippen LogP contribution in [0.5, 0.6) is 0 Å². The lowest BCUT2D eigenvalue weighted by Crippen LogP contribution is -2.42. The Morgan fingerprint density at radius 2 is 1.94 bits per heavy atom. The van der Waals surface area contributed by atoms with Gasteiger partial charge < -0.3 is 11.1 Å². The summed E-state index contributed by atoms with van der Waals surface area (Å²) in [5, 5.41) is 3.51. The average Bonchev–Trinajstić information content (AvgIpc) is 2.27. The number of rotatable bonds is 4. The Morgan fingerprint density at radius 1 is 1.33 bits per heavy atom. The third kappa shape index (κ3) is 3.50. The fourth-order valence-electron chi connectivity index (χ4n) is 2.01. The number of anilines is 1. The van der Waals surface area contributed by atoms with Crippen molar-refractivity contribution in [3.05, 3.63) is 24.3 Å². The first kappa shape index (κ1) is 13.4. The summed E-state index contributed by atoms with van der Waals surface area (Å²) in [7, 11) is 0. The van der Waals surface area contributed by atoms with Crippen molar-refractivity contribution in [3.8, 4) is 0 Å². The molecular formula is C14H20N2OS. The lowest BCUT2D eigenvalue weighted by molar-refractivity contribution is -0.122. The molecule has 0 saturated heterocycles. The Labute approximate surface area is 113 Å². The van der Waals surface area contributed by atoms with Gasteiger partial charge in [0.05, 0.1) is 0 Å². The highest BCUT2D eigenvalue weighted by Gasteiger charge is 2.31. The molecule has 1 aliphatic carbocycles. The average molecular weight is 264 g/mol. The second-order valence-electron chi connectivity index (χ2n) is 5.11. The van der Waals surface area contributed by atoms with E-state index in [9.17, 15) is 4.79 Å². The van der Waals surface area contributed by atoms with Crippen LogP contribution in [0, 0.1) is 5.92 Å². The van der Waals surface area contributed by atoms with Crippen molar-refractivity contribution in [1.82, 2.24) is 0 Å². The Bertz CT molecular complexity index is 410. The standard InChI is InChI=1S/C14H20N2OS/c1-9(2)18-13-5-3-12(4-6-13)16-14(17)10-7-11(15)8-10/h3-6,9-11H,7-8,15H2,1-2H3,(H,16,17). The fourth-order valence-corrected chi connectivity index (χ4v) is 2.85. The summed E-state index contributed by atoms with van der Waals surface area (Å²) in [4.78, 5) is 13.1. The van der Waals surface area contributed by atoms with Gasteiger partial charge in [-0.15, -0.1) is 11.8 Å². The maximum Gasteiger partial charge on any atom is 0.227 e. The van der Waals surface area contributed by atoms with Gasteiger partial charge in [-0.05, 0) is 37.1 Å². The van der Waals surface area contributed by atoms with Gasteiger partial charge in [-0.1, -0.05) is 13.8 Å². The van der Waals surface area contributed by atoms with E-state index in [4.69, 9.17) is 5.73 Å². The number of hydrogen-bond acceptors (Lipinski definition) is 3. The van der Waals surface area contributed by atoms with E-state index in [2.05, 4.69) is 19.2 Å². The molecule has 1 saturated carbocycles. The Hall–Kier alpha value is -1.00. The topological polar surface area (TPSA) is 55.1 Å². The van der Waals surface area contributed by atoms with Crippen molar-refractivity contribution in [2.24, 2.45) is 11.7 Å². The molecule has 3 nitrogen and oxygen atoms in total. The molecular weight excluding hydrogens is 244 g/mol. The van der Waals surface area contributed by atoms with Gasteiger partial charge in [-0.2, -0.15) is 0 Å². The Balaban J connectivity index is 1.88. The van der Waals surface area contributed by atoms with E-state index in [0.717, 1.165) is 18.5 Å². The number of nitrogens with two attached hydrogens (primary N) is 1. The minimum absolute atomic E-state index is 0.0981. The second-order valence-corrected chi connectivity index (χ2v) is 6.76. The first-order valence-electron chi connectivity index (χ1n) is 6.38. The predicted octanol–water partition coefficient (Wildman–Crippen LogP) is 2.86. The number of benzene rings is 1. The summed E-state index contributed by atoms with van der Waals surface area (Å²) in [5.41, 5.74) is 6.55. The van der Waals surface area contributed by atoms with Crippen LogP contribution in [-0.4, -0.2) is 17.2 Å². The molecule has 18 heavy (non-hydrogen) atoms. The van der Waals surface area contributed by atoms with Crippen molar-refractivity contribution in [1.29, 1.82) is 0 Å². The molecule has 2 rings (SSSR count). The van der Waals surface area contributed by atoms with Crippen LogP contribution in [0.1, 0.15) is 26.7 Å². The normalized spacial score (nSPS) is 22.7. The van der Waals surface area contributed by atoms with E-state index >= 15 is 0 Å². The molecule has 0 unspecified atom stereocenters. The third-order valence-corrected chi connectivity index (χ3v) is 4.05. The van der Waals surface area contributed by atoms with Crippen LogP contribution in [0.4, 0.5) is 5.69 Å². The van der Waals surface area contributed by atoms with Crippen molar-refractivity contribution in [3.63, 3.8) is 0 Å². The molecule has 1 aromatic rings. The minimum atomic E-state index is 0.0981. The van der Waals surface area contributed by atoms with E-state index in [0.29, 0.717) is 5.25 Å². The van der Waals surface area contributed by atoms with Crippen LogP contribution in [0.3, 0.4) is 0 Å². The van der Waals surface area contributed by atoms with E-state index in [1.54, 1.807) is 0 Å². The molecule has 0 atom stereocenters. The summed E-state index contributed by atoms with van der Waals surface area (Å²) >= 11 is 1.82. The largest absolute Gasteiger partial charge is 0.328 e. The predicted molar refractivity (Wildman–Crippen MR) is 76.8 cm³/mol. The zero-order chi connectivity index (χ0) is 13.1. The smallest absolute Gasteiger partial charge is 0.227 e. The Morgan fingerprint density at radius 3 is 2.44 bits per heavy atom. The lowest BCUT2D eigenvalue weighted by atomic mass is 9.80. The van der Waals surface area contributed by atoms with Crippen LogP contribution in [0.15, 0.2) is 29.2 Å². The summed E-state index contributed by atoms with van der Waals surface area (Å²) in [6.45, 7) is 4.33. The van der Waals surface area contributed by atoms with Gasteiger partial charge >= 0.3 is 0 Å². The molecule has 98 valence electrons. The van der Waals surface area contributed by atoms with Gasteiger partial charge in [0.1, 0.15) is 0 Å². The molecule has 0 aliphatic heterocycles. The molecule has 4 heteroatoms. The molecule has 1 amide bonds. The maximum atomic E-state index is 11.8. The van der Waals surface area contributed by atoms with E-state index < -0.39 is 0 Å². The monoisotopic (exact) mass is 264 g/mol. The molecule has 0 heterocycles. The quantitative estimate of drug-likeness (QED) is 0.822.